The molecule has 0 amide bonds. The van der Waals surface area contributed by atoms with Crippen molar-refractivity contribution in [2.75, 3.05) is 32.1 Å². The van der Waals surface area contributed by atoms with Gasteiger partial charge >= 0.3 is 0 Å². The maximum atomic E-state index is 6.07. The molecule has 0 fully saturated rings. The minimum absolute atomic E-state index is 0.740. The van der Waals surface area contributed by atoms with Crippen molar-refractivity contribution in [3.8, 4) is 0 Å². The molecule has 1 N–H and O–H groups in total. The van der Waals surface area contributed by atoms with E-state index < -0.39 is 0 Å². The van der Waals surface area contributed by atoms with Gasteiger partial charge in [-0.25, -0.2) is 0 Å². The predicted octanol–water partition coefficient (Wildman–Crippen LogP) is 3.26. The van der Waals surface area contributed by atoms with Crippen LogP contribution in [0.5, 0.6) is 0 Å². The predicted molar refractivity (Wildman–Crippen MR) is 110 cm³/mol. The van der Waals surface area contributed by atoms with Crippen molar-refractivity contribution in [3.63, 3.8) is 0 Å². The number of aliphatic imine (C=N–C) groups is 1. The zero-order chi connectivity index (χ0) is 18.5. The Hall–Kier alpha value is -2.40. The second-order valence-corrected chi connectivity index (χ2v) is 7.00. The largest absolute Gasteiger partial charge is 0.364 e. The second-order valence-electron chi connectivity index (χ2n) is 6.56. The third-order valence-corrected chi connectivity index (χ3v) is 4.82. The first-order chi connectivity index (χ1) is 12.6. The van der Waals surface area contributed by atoms with E-state index in [1.54, 1.807) is 7.05 Å². The number of hydrogen-bond acceptors (Lipinski definition) is 2. The van der Waals surface area contributed by atoms with E-state index in [9.17, 15) is 0 Å². The van der Waals surface area contributed by atoms with Gasteiger partial charge in [-0.05, 0) is 23.8 Å². The Balaban J connectivity index is 1.55. The summed E-state index contributed by atoms with van der Waals surface area (Å²) in [6.07, 6.45) is 6.32. The highest BCUT2D eigenvalue weighted by atomic mass is 35.5. The summed E-state index contributed by atoms with van der Waals surface area (Å²) >= 11 is 6.07. The van der Waals surface area contributed by atoms with Gasteiger partial charge in [0, 0.05) is 58.4 Å². The third kappa shape index (κ3) is 4.41. The molecule has 1 aliphatic rings. The van der Waals surface area contributed by atoms with Crippen LogP contribution in [0.4, 0.5) is 5.69 Å². The van der Waals surface area contributed by atoms with Crippen molar-refractivity contribution in [2.45, 2.75) is 13.1 Å². The van der Waals surface area contributed by atoms with Crippen LogP contribution >= 0.6 is 11.6 Å². The first-order valence-electron chi connectivity index (χ1n) is 8.78. The highest BCUT2D eigenvalue weighted by Crippen LogP contribution is 2.18. The highest BCUT2D eigenvalue weighted by molar-refractivity contribution is 6.30. The van der Waals surface area contributed by atoms with Gasteiger partial charge in [0.1, 0.15) is 0 Å². The molecule has 5 nitrogen and oxygen atoms in total. The number of hydrogen-bond donors (Lipinski definition) is 1. The van der Waals surface area contributed by atoms with Crippen molar-refractivity contribution in [2.24, 2.45) is 12.0 Å². The highest BCUT2D eigenvalue weighted by Gasteiger charge is 2.10. The molecule has 1 aromatic heterocycles. The smallest absolute Gasteiger partial charge is 0.194 e. The van der Waals surface area contributed by atoms with Gasteiger partial charge in [0.05, 0.1) is 11.6 Å². The lowest BCUT2D eigenvalue weighted by molar-refractivity contribution is 0.461. The summed E-state index contributed by atoms with van der Waals surface area (Å²) in [5, 5.41) is 4.19. The molecular weight excluding hydrogens is 346 g/mol. The summed E-state index contributed by atoms with van der Waals surface area (Å²) in [5.74, 6) is 0.857. The molecule has 0 unspecified atom stereocenters. The molecular formula is C20H26ClN5. The fourth-order valence-corrected chi connectivity index (χ4v) is 3.39. The van der Waals surface area contributed by atoms with Crippen LogP contribution in [0.2, 0.25) is 5.02 Å². The lowest BCUT2D eigenvalue weighted by atomic mass is 10.2. The van der Waals surface area contributed by atoms with Crippen molar-refractivity contribution >= 4 is 23.2 Å². The number of nitrogens with zero attached hydrogens (tertiary/aromatic N) is 4. The van der Waals surface area contributed by atoms with E-state index in [2.05, 4.69) is 56.5 Å². The molecule has 26 heavy (non-hydrogen) atoms. The summed E-state index contributed by atoms with van der Waals surface area (Å²) in [6, 6.07) is 10.7. The normalized spacial score (nSPS) is 14.2. The lowest BCUT2D eigenvalue weighted by Gasteiger charge is -2.22. The quantitative estimate of drug-likeness (QED) is 0.498. The molecule has 0 spiro atoms. The molecule has 0 saturated carbocycles. The van der Waals surface area contributed by atoms with Crippen molar-refractivity contribution < 1.29 is 0 Å². The van der Waals surface area contributed by atoms with Gasteiger partial charge in [0.2, 0.25) is 0 Å². The van der Waals surface area contributed by atoms with Gasteiger partial charge in [0.15, 0.2) is 5.96 Å². The fourth-order valence-electron chi connectivity index (χ4n) is 3.12. The average Bonchev–Trinajstić information content (AvgIpc) is 3.26. The monoisotopic (exact) mass is 371 g/mol. The van der Waals surface area contributed by atoms with Crippen molar-refractivity contribution in [3.05, 3.63) is 65.0 Å². The molecule has 2 heterocycles. The Morgan fingerprint density at radius 3 is 2.50 bits per heavy atom. The lowest BCUT2D eigenvalue weighted by Crippen LogP contribution is -2.38. The number of aromatic nitrogens is 1. The molecule has 6 heteroatoms. The van der Waals surface area contributed by atoms with E-state index in [0.717, 1.165) is 42.9 Å². The molecule has 0 aliphatic carbocycles. The summed E-state index contributed by atoms with van der Waals surface area (Å²) in [6.45, 7) is 3.48. The van der Waals surface area contributed by atoms with E-state index in [1.165, 1.54) is 11.3 Å². The zero-order valence-electron chi connectivity index (χ0n) is 15.6. The van der Waals surface area contributed by atoms with Gasteiger partial charge in [0.25, 0.3) is 0 Å². The molecule has 0 atom stereocenters. The van der Waals surface area contributed by atoms with Crippen LogP contribution in [-0.2, 0) is 20.1 Å². The Kier molecular flexibility index (Phi) is 5.89. The van der Waals surface area contributed by atoms with Crippen LogP contribution in [0.15, 0.2) is 53.7 Å². The fraction of sp³-hybridized carbons (Fsp3) is 0.350. The van der Waals surface area contributed by atoms with Gasteiger partial charge < -0.3 is 19.7 Å². The molecule has 3 rings (SSSR count). The van der Waals surface area contributed by atoms with Crippen LogP contribution in [0.25, 0.3) is 0 Å². The standard InChI is InChI=1S/C20H26ClN5/c1-22-20(25(3)15-19-12-17(21)14-24(19)2)23-13-16-6-8-18(9-7-16)26-10-4-5-11-26/h4-9,12,14H,10-11,13,15H2,1-3H3,(H,22,23). The first-order valence-corrected chi connectivity index (χ1v) is 9.16. The SMILES string of the molecule is CN=C(NCc1ccc(N2CC=CC2)cc1)N(C)Cc1cc(Cl)cn1C. The molecule has 1 aliphatic heterocycles. The summed E-state index contributed by atoms with van der Waals surface area (Å²) in [5.41, 5.74) is 3.64. The molecule has 0 bridgehead atoms. The van der Waals surface area contributed by atoms with E-state index >= 15 is 0 Å². The third-order valence-electron chi connectivity index (χ3n) is 4.62. The summed E-state index contributed by atoms with van der Waals surface area (Å²) < 4.78 is 2.04. The van der Waals surface area contributed by atoms with Crippen LogP contribution in [0, 0.1) is 0 Å². The Morgan fingerprint density at radius 1 is 1.23 bits per heavy atom. The number of aryl methyl sites for hydroxylation is 1. The second kappa shape index (κ2) is 8.32. The van der Waals surface area contributed by atoms with Crippen LogP contribution in [-0.4, -0.2) is 42.6 Å². The van der Waals surface area contributed by atoms with Gasteiger partial charge in [-0.15, -0.1) is 0 Å². The van der Waals surface area contributed by atoms with Crippen molar-refractivity contribution in [1.82, 2.24) is 14.8 Å². The van der Waals surface area contributed by atoms with Crippen LogP contribution in [0.3, 0.4) is 0 Å². The minimum atomic E-state index is 0.740. The van der Waals surface area contributed by atoms with E-state index in [-0.39, 0.29) is 0 Å². The van der Waals surface area contributed by atoms with Crippen LogP contribution < -0.4 is 10.2 Å². The number of anilines is 1. The molecule has 1 aromatic carbocycles. The Bertz CT molecular complexity index is 783. The zero-order valence-corrected chi connectivity index (χ0v) is 16.4. The van der Waals surface area contributed by atoms with E-state index in [1.807, 2.05) is 30.9 Å². The summed E-state index contributed by atoms with van der Waals surface area (Å²) in [4.78, 5) is 8.82. The topological polar surface area (TPSA) is 35.8 Å². The van der Waals surface area contributed by atoms with Crippen LogP contribution in [0.1, 0.15) is 11.3 Å². The number of nitrogens with one attached hydrogen (secondary N) is 1. The van der Waals surface area contributed by atoms with Gasteiger partial charge in [-0.2, -0.15) is 0 Å². The first kappa shape index (κ1) is 18.4. The average molecular weight is 372 g/mol. The van der Waals surface area contributed by atoms with Crippen molar-refractivity contribution in [1.29, 1.82) is 0 Å². The Labute approximate surface area is 160 Å². The number of benzene rings is 1. The maximum Gasteiger partial charge on any atom is 0.194 e. The van der Waals surface area contributed by atoms with E-state index in [4.69, 9.17) is 11.6 Å². The van der Waals surface area contributed by atoms with Gasteiger partial charge in [-0.1, -0.05) is 35.9 Å². The number of guanidine groups is 1. The molecule has 0 saturated heterocycles. The minimum Gasteiger partial charge on any atom is -0.364 e. The summed E-state index contributed by atoms with van der Waals surface area (Å²) in [7, 11) is 5.84. The maximum absolute atomic E-state index is 6.07. The Morgan fingerprint density at radius 2 is 1.92 bits per heavy atom. The van der Waals surface area contributed by atoms with Gasteiger partial charge in [-0.3, -0.25) is 4.99 Å². The molecule has 138 valence electrons. The number of rotatable bonds is 5. The molecule has 2 aromatic rings. The number of halogens is 1. The molecule has 0 radical (unpaired) electrons. The van der Waals surface area contributed by atoms with E-state index in [0.29, 0.717) is 0 Å².